The van der Waals surface area contributed by atoms with Gasteiger partial charge in [0.25, 0.3) is 0 Å². The highest BCUT2D eigenvalue weighted by Crippen LogP contribution is 2.15. The molecule has 340 valence electrons. The van der Waals surface area contributed by atoms with Crippen molar-refractivity contribution < 1.29 is 25.2 Å². The first-order chi connectivity index (χ1) is 28.5. The smallest absolute Gasteiger partial charge is 0.249 e. The van der Waals surface area contributed by atoms with Crippen molar-refractivity contribution in [3.05, 3.63) is 48.6 Å². The summed E-state index contributed by atoms with van der Waals surface area (Å²) >= 11 is 0. The molecule has 0 aliphatic rings. The molecule has 5 N–H and O–H groups in total. The summed E-state index contributed by atoms with van der Waals surface area (Å²) in [5.41, 5.74) is 0. The van der Waals surface area contributed by atoms with E-state index in [0.717, 1.165) is 64.2 Å². The highest BCUT2D eigenvalue weighted by atomic mass is 16.3. The number of unbranched alkanes of at least 4 members (excludes halogenated alkanes) is 28. The Morgan fingerprint density at radius 3 is 1.09 bits per heavy atom. The van der Waals surface area contributed by atoms with Crippen LogP contribution in [0, 0.1) is 0 Å². The SMILES string of the molecule is CCCCCCCCC/C=C/CC/C=C/CC/C=C/CCCC(O)C(O)C(CO)NC(=O)C(O)CCCCCCCC/C=C\CCCCCCCCCCCCCC. The summed E-state index contributed by atoms with van der Waals surface area (Å²) in [4.78, 5) is 12.5. The fourth-order valence-corrected chi connectivity index (χ4v) is 7.49. The fourth-order valence-electron chi connectivity index (χ4n) is 7.49. The highest BCUT2D eigenvalue weighted by Gasteiger charge is 2.28. The highest BCUT2D eigenvalue weighted by molar-refractivity contribution is 5.80. The Kier molecular flexibility index (Phi) is 45.0. The van der Waals surface area contributed by atoms with E-state index in [1.807, 2.05) is 0 Å². The number of carbonyl (C=O) groups is 1. The molecule has 58 heavy (non-hydrogen) atoms. The summed E-state index contributed by atoms with van der Waals surface area (Å²) in [5.74, 6) is -0.604. The molecular weight excluding hydrogens is 719 g/mol. The minimum absolute atomic E-state index is 0.351. The third kappa shape index (κ3) is 39.7. The van der Waals surface area contributed by atoms with Gasteiger partial charge < -0.3 is 25.7 Å². The number of allylic oxidation sites excluding steroid dienone is 8. The first kappa shape index (κ1) is 56.3. The number of nitrogens with one attached hydrogen (secondary N) is 1. The summed E-state index contributed by atoms with van der Waals surface area (Å²) < 4.78 is 0. The van der Waals surface area contributed by atoms with Gasteiger partial charge in [-0.2, -0.15) is 0 Å². The third-order valence-corrected chi connectivity index (χ3v) is 11.5. The van der Waals surface area contributed by atoms with E-state index in [1.165, 1.54) is 148 Å². The molecule has 0 aliphatic heterocycles. The molecule has 1 amide bonds. The van der Waals surface area contributed by atoms with Crippen LogP contribution in [0.2, 0.25) is 0 Å². The maximum absolute atomic E-state index is 12.5. The fraction of sp³-hybridized carbons (Fsp3) is 0.827. The van der Waals surface area contributed by atoms with Crippen LogP contribution in [0.15, 0.2) is 48.6 Å². The average Bonchev–Trinajstić information content (AvgIpc) is 3.23. The number of aliphatic hydroxyl groups excluding tert-OH is 4. The molecule has 0 spiro atoms. The zero-order valence-electron chi connectivity index (χ0n) is 38.3. The van der Waals surface area contributed by atoms with Crippen molar-refractivity contribution >= 4 is 5.91 Å². The molecule has 0 rings (SSSR count). The van der Waals surface area contributed by atoms with Gasteiger partial charge in [-0.3, -0.25) is 4.79 Å². The summed E-state index contributed by atoms with van der Waals surface area (Å²) in [5, 5.41) is 43.8. The van der Waals surface area contributed by atoms with Crippen LogP contribution in [-0.4, -0.2) is 57.3 Å². The number of hydrogen-bond acceptors (Lipinski definition) is 5. The molecule has 0 saturated carbocycles. The lowest BCUT2D eigenvalue weighted by atomic mass is 10.00. The predicted octanol–water partition coefficient (Wildman–Crippen LogP) is 13.9. The van der Waals surface area contributed by atoms with Crippen molar-refractivity contribution in [2.24, 2.45) is 0 Å². The van der Waals surface area contributed by atoms with Gasteiger partial charge in [0.15, 0.2) is 0 Å². The Balaban J connectivity index is 3.78. The molecule has 0 bridgehead atoms. The number of rotatable bonds is 45. The van der Waals surface area contributed by atoms with Crippen LogP contribution in [0.5, 0.6) is 0 Å². The second-order valence-electron chi connectivity index (χ2n) is 17.1. The molecule has 6 nitrogen and oxygen atoms in total. The first-order valence-electron chi connectivity index (χ1n) is 25.0. The van der Waals surface area contributed by atoms with E-state index >= 15 is 0 Å². The largest absolute Gasteiger partial charge is 0.394 e. The molecule has 0 aromatic rings. The number of hydrogen-bond donors (Lipinski definition) is 5. The van der Waals surface area contributed by atoms with Gasteiger partial charge in [0.2, 0.25) is 5.91 Å². The van der Waals surface area contributed by atoms with Crippen LogP contribution in [0.3, 0.4) is 0 Å². The summed E-state index contributed by atoms with van der Waals surface area (Å²) in [6.07, 6.45) is 57.2. The molecule has 0 aliphatic carbocycles. The maximum Gasteiger partial charge on any atom is 0.249 e. The molecule has 4 unspecified atom stereocenters. The van der Waals surface area contributed by atoms with Gasteiger partial charge in [0.1, 0.15) is 12.2 Å². The molecule has 0 radical (unpaired) electrons. The van der Waals surface area contributed by atoms with Crippen molar-refractivity contribution in [3.8, 4) is 0 Å². The van der Waals surface area contributed by atoms with Gasteiger partial charge in [-0.1, -0.05) is 204 Å². The van der Waals surface area contributed by atoms with Crippen LogP contribution < -0.4 is 5.32 Å². The molecule has 4 atom stereocenters. The van der Waals surface area contributed by atoms with Crippen LogP contribution in [-0.2, 0) is 4.79 Å². The average molecular weight is 816 g/mol. The van der Waals surface area contributed by atoms with Crippen molar-refractivity contribution in [3.63, 3.8) is 0 Å². The third-order valence-electron chi connectivity index (χ3n) is 11.5. The summed E-state index contributed by atoms with van der Waals surface area (Å²) in [6, 6.07) is -1.02. The van der Waals surface area contributed by atoms with Gasteiger partial charge in [-0.05, 0) is 89.9 Å². The van der Waals surface area contributed by atoms with Gasteiger partial charge in [-0.25, -0.2) is 0 Å². The van der Waals surface area contributed by atoms with E-state index in [-0.39, 0.29) is 0 Å². The Labute approximate surface area is 359 Å². The molecule has 0 aromatic carbocycles. The zero-order valence-corrected chi connectivity index (χ0v) is 38.3. The Bertz CT molecular complexity index is 961. The van der Waals surface area contributed by atoms with Crippen molar-refractivity contribution in [2.45, 2.75) is 269 Å². The summed E-state index contributed by atoms with van der Waals surface area (Å²) in [6.45, 7) is 4.04. The lowest BCUT2D eigenvalue weighted by molar-refractivity contribution is -0.132. The van der Waals surface area contributed by atoms with E-state index in [4.69, 9.17) is 0 Å². The van der Waals surface area contributed by atoms with Gasteiger partial charge in [-0.15, -0.1) is 0 Å². The minimum Gasteiger partial charge on any atom is -0.394 e. The number of aliphatic hydroxyl groups is 4. The van der Waals surface area contributed by atoms with Crippen molar-refractivity contribution in [1.82, 2.24) is 5.32 Å². The normalized spacial score (nSPS) is 14.4. The van der Waals surface area contributed by atoms with E-state index in [9.17, 15) is 25.2 Å². The Morgan fingerprint density at radius 1 is 0.414 bits per heavy atom. The summed E-state index contributed by atoms with van der Waals surface area (Å²) in [7, 11) is 0. The van der Waals surface area contributed by atoms with Gasteiger partial charge >= 0.3 is 0 Å². The number of carbonyl (C=O) groups excluding carboxylic acids is 1. The molecule has 0 heterocycles. The Hall–Kier alpha value is -1.73. The molecule has 0 aromatic heterocycles. The van der Waals surface area contributed by atoms with Crippen LogP contribution in [0.1, 0.15) is 245 Å². The number of amides is 1. The molecule has 0 fully saturated rings. The van der Waals surface area contributed by atoms with Gasteiger partial charge in [0, 0.05) is 0 Å². The van der Waals surface area contributed by atoms with Crippen molar-refractivity contribution in [1.29, 1.82) is 0 Å². The molecular formula is C52H97NO5. The van der Waals surface area contributed by atoms with Crippen LogP contribution in [0.25, 0.3) is 0 Å². The predicted molar refractivity (Wildman–Crippen MR) is 251 cm³/mol. The minimum atomic E-state index is -1.30. The lowest BCUT2D eigenvalue weighted by Gasteiger charge is -2.27. The zero-order chi connectivity index (χ0) is 42.4. The quantitative estimate of drug-likeness (QED) is 0.0311. The standard InChI is InChI=1S/C52H97NO5/c1-3-5-7-9-11-13-15-17-19-21-23-25-26-28-30-32-34-36-38-40-42-44-46-50(56)52(58)53-48(47-54)51(57)49(55)45-43-41-39-37-35-33-31-29-27-24-22-20-18-16-14-12-10-8-6-4-2/h20,22,28-31,37,39,48-51,54-57H,3-19,21,23-27,32-36,38,40-47H2,1-2H3,(H,53,58)/b22-20+,30-28-,31-29+,39-37+. The van der Waals surface area contributed by atoms with E-state index in [2.05, 4.69) is 67.8 Å². The lowest BCUT2D eigenvalue weighted by Crippen LogP contribution is -2.53. The van der Waals surface area contributed by atoms with E-state index in [0.29, 0.717) is 19.3 Å². The maximum atomic E-state index is 12.5. The van der Waals surface area contributed by atoms with Gasteiger partial charge in [0.05, 0.1) is 18.8 Å². The van der Waals surface area contributed by atoms with E-state index in [1.54, 1.807) is 0 Å². The monoisotopic (exact) mass is 816 g/mol. The van der Waals surface area contributed by atoms with Crippen LogP contribution >= 0.6 is 0 Å². The Morgan fingerprint density at radius 2 is 0.724 bits per heavy atom. The van der Waals surface area contributed by atoms with Crippen molar-refractivity contribution in [2.75, 3.05) is 6.61 Å². The van der Waals surface area contributed by atoms with Crippen LogP contribution in [0.4, 0.5) is 0 Å². The molecule has 6 heteroatoms. The van der Waals surface area contributed by atoms with E-state index < -0.39 is 36.9 Å². The second kappa shape index (κ2) is 46.3. The first-order valence-corrected chi connectivity index (χ1v) is 25.0. The molecule has 0 saturated heterocycles. The second-order valence-corrected chi connectivity index (χ2v) is 17.1. The topological polar surface area (TPSA) is 110 Å².